The smallest absolute Gasteiger partial charge is 0.261 e. The molecule has 5 nitrogen and oxygen atoms in total. The molecule has 0 aliphatic rings. The van der Waals surface area contributed by atoms with Gasteiger partial charge in [-0.15, -0.1) is 0 Å². The van der Waals surface area contributed by atoms with Gasteiger partial charge < -0.3 is 10.4 Å². The van der Waals surface area contributed by atoms with E-state index >= 15 is 0 Å². The quantitative estimate of drug-likeness (QED) is 0.764. The topological polar surface area (TPSA) is 78.4 Å². The average Bonchev–Trinajstić information content (AvgIpc) is 2.47. The van der Waals surface area contributed by atoms with Crippen LogP contribution in [0.25, 0.3) is 0 Å². The van der Waals surface area contributed by atoms with E-state index in [1.165, 1.54) is 0 Å². The minimum Gasteiger partial charge on any atom is -0.395 e. The predicted octanol–water partition coefficient (Wildman–Crippen LogP) is 2.20. The summed E-state index contributed by atoms with van der Waals surface area (Å²) in [5.74, 6) is 0. The summed E-state index contributed by atoms with van der Waals surface area (Å²) in [7, 11) is -3.57. The minimum absolute atomic E-state index is 0.0435. The van der Waals surface area contributed by atoms with Crippen molar-refractivity contribution in [2.75, 3.05) is 23.2 Å². The second-order valence-electron chi connectivity index (χ2n) is 4.65. The number of anilines is 2. The predicted molar refractivity (Wildman–Crippen MR) is 84.0 cm³/mol. The van der Waals surface area contributed by atoms with E-state index in [0.717, 1.165) is 11.3 Å². The monoisotopic (exact) mass is 306 g/mol. The molecule has 0 bridgehead atoms. The first-order valence-corrected chi connectivity index (χ1v) is 8.04. The maximum atomic E-state index is 12.2. The van der Waals surface area contributed by atoms with E-state index in [4.69, 9.17) is 5.11 Å². The molecule has 0 spiro atoms. The molecule has 3 N–H and O–H groups in total. The molecule has 2 rings (SSSR count). The standard InChI is InChI=1S/C15H18N2O3S/c1-12-2-8-15(9-3-12)21(19,20)17-14-6-4-13(5-7-14)16-10-11-18/h2-9,16-18H,10-11H2,1H3. The number of aryl methyl sites for hydroxylation is 1. The maximum Gasteiger partial charge on any atom is 0.261 e. The molecule has 2 aromatic carbocycles. The largest absolute Gasteiger partial charge is 0.395 e. The summed E-state index contributed by atoms with van der Waals surface area (Å²) in [6.07, 6.45) is 0. The van der Waals surface area contributed by atoms with Crippen LogP contribution >= 0.6 is 0 Å². The Bertz CT molecular complexity index is 680. The van der Waals surface area contributed by atoms with E-state index in [1.54, 1.807) is 48.5 Å². The minimum atomic E-state index is -3.57. The van der Waals surface area contributed by atoms with E-state index in [9.17, 15) is 8.42 Å². The molecule has 6 heteroatoms. The summed E-state index contributed by atoms with van der Waals surface area (Å²) < 4.78 is 27.0. The van der Waals surface area contributed by atoms with Crippen molar-refractivity contribution in [1.29, 1.82) is 0 Å². The Kier molecular flexibility index (Phi) is 4.82. The molecule has 0 aliphatic carbocycles. The fourth-order valence-corrected chi connectivity index (χ4v) is 2.85. The zero-order valence-corrected chi connectivity index (χ0v) is 12.5. The molecular formula is C15H18N2O3S. The number of nitrogens with one attached hydrogen (secondary N) is 2. The number of rotatable bonds is 6. The normalized spacial score (nSPS) is 11.1. The molecule has 0 saturated carbocycles. The van der Waals surface area contributed by atoms with E-state index in [1.807, 2.05) is 6.92 Å². The molecule has 0 heterocycles. The molecule has 2 aromatic rings. The van der Waals surface area contributed by atoms with Crippen LogP contribution in [0.2, 0.25) is 0 Å². The molecule has 0 amide bonds. The van der Waals surface area contributed by atoms with Gasteiger partial charge in [-0.2, -0.15) is 0 Å². The first kappa shape index (κ1) is 15.3. The van der Waals surface area contributed by atoms with E-state index in [-0.39, 0.29) is 11.5 Å². The Labute approximate surface area is 124 Å². The summed E-state index contributed by atoms with van der Waals surface area (Å²) in [5, 5.41) is 11.7. The molecular weight excluding hydrogens is 288 g/mol. The average molecular weight is 306 g/mol. The number of benzene rings is 2. The van der Waals surface area contributed by atoms with Gasteiger partial charge in [-0.1, -0.05) is 17.7 Å². The van der Waals surface area contributed by atoms with Gasteiger partial charge in [0.25, 0.3) is 10.0 Å². The van der Waals surface area contributed by atoms with Crippen molar-refractivity contribution >= 4 is 21.4 Å². The summed E-state index contributed by atoms with van der Waals surface area (Å²) in [5.41, 5.74) is 2.32. The van der Waals surface area contributed by atoms with Crippen LogP contribution in [0.4, 0.5) is 11.4 Å². The number of aliphatic hydroxyl groups excluding tert-OH is 1. The maximum absolute atomic E-state index is 12.2. The van der Waals surface area contributed by atoms with Crippen molar-refractivity contribution in [1.82, 2.24) is 0 Å². The van der Waals surface area contributed by atoms with Gasteiger partial charge in [-0.3, -0.25) is 4.72 Å². The third-order valence-electron chi connectivity index (χ3n) is 2.91. The van der Waals surface area contributed by atoms with Crippen molar-refractivity contribution in [3.05, 3.63) is 54.1 Å². The Morgan fingerprint density at radius 2 is 1.52 bits per heavy atom. The van der Waals surface area contributed by atoms with Crippen LogP contribution in [0.3, 0.4) is 0 Å². The first-order valence-electron chi connectivity index (χ1n) is 6.55. The van der Waals surface area contributed by atoms with E-state index in [0.29, 0.717) is 12.2 Å². The second kappa shape index (κ2) is 6.60. The van der Waals surface area contributed by atoms with Crippen LogP contribution in [0.1, 0.15) is 5.56 Å². The lowest BCUT2D eigenvalue weighted by atomic mass is 10.2. The van der Waals surface area contributed by atoms with Crippen LogP contribution < -0.4 is 10.0 Å². The van der Waals surface area contributed by atoms with Gasteiger partial charge in [-0.05, 0) is 43.3 Å². The Hall–Kier alpha value is -2.05. The number of hydrogen-bond acceptors (Lipinski definition) is 4. The van der Waals surface area contributed by atoms with Crippen LogP contribution in [0, 0.1) is 6.92 Å². The zero-order valence-electron chi connectivity index (χ0n) is 11.7. The lowest BCUT2D eigenvalue weighted by Crippen LogP contribution is -2.13. The van der Waals surface area contributed by atoms with Crippen molar-refractivity contribution in [3.63, 3.8) is 0 Å². The van der Waals surface area contributed by atoms with Crippen molar-refractivity contribution < 1.29 is 13.5 Å². The third-order valence-corrected chi connectivity index (χ3v) is 4.31. The van der Waals surface area contributed by atoms with Gasteiger partial charge in [0.15, 0.2) is 0 Å². The summed E-state index contributed by atoms with van der Waals surface area (Å²) in [4.78, 5) is 0.232. The molecule has 21 heavy (non-hydrogen) atoms. The van der Waals surface area contributed by atoms with Gasteiger partial charge in [0, 0.05) is 17.9 Å². The van der Waals surface area contributed by atoms with Crippen LogP contribution in [0.15, 0.2) is 53.4 Å². The second-order valence-corrected chi connectivity index (χ2v) is 6.33. The highest BCUT2D eigenvalue weighted by molar-refractivity contribution is 7.92. The first-order chi connectivity index (χ1) is 10.0. The summed E-state index contributed by atoms with van der Waals surface area (Å²) in [6.45, 7) is 2.40. The Morgan fingerprint density at radius 3 is 2.10 bits per heavy atom. The molecule has 0 fully saturated rings. The third kappa shape index (κ3) is 4.21. The van der Waals surface area contributed by atoms with Crippen molar-refractivity contribution in [2.24, 2.45) is 0 Å². The SMILES string of the molecule is Cc1ccc(S(=O)(=O)Nc2ccc(NCCO)cc2)cc1. The Morgan fingerprint density at radius 1 is 0.952 bits per heavy atom. The molecule has 0 unspecified atom stereocenters. The zero-order chi connectivity index (χ0) is 15.3. The summed E-state index contributed by atoms with van der Waals surface area (Å²) >= 11 is 0. The van der Waals surface area contributed by atoms with Gasteiger partial charge in [-0.25, -0.2) is 8.42 Å². The molecule has 112 valence electrons. The lowest BCUT2D eigenvalue weighted by molar-refractivity contribution is 0.311. The van der Waals surface area contributed by atoms with Gasteiger partial charge >= 0.3 is 0 Å². The molecule has 0 saturated heterocycles. The highest BCUT2D eigenvalue weighted by Crippen LogP contribution is 2.18. The summed E-state index contributed by atoms with van der Waals surface area (Å²) in [6, 6.07) is 13.5. The van der Waals surface area contributed by atoms with Crippen molar-refractivity contribution in [2.45, 2.75) is 11.8 Å². The fraction of sp³-hybridized carbons (Fsp3) is 0.200. The Balaban J connectivity index is 2.11. The molecule has 0 aromatic heterocycles. The van der Waals surface area contributed by atoms with Crippen LogP contribution in [-0.2, 0) is 10.0 Å². The van der Waals surface area contributed by atoms with E-state index < -0.39 is 10.0 Å². The molecule has 0 atom stereocenters. The highest BCUT2D eigenvalue weighted by atomic mass is 32.2. The number of aliphatic hydroxyl groups is 1. The molecule has 0 aliphatic heterocycles. The highest BCUT2D eigenvalue weighted by Gasteiger charge is 2.13. The van der Waals surface area contributed by atoms with Gasteiger partial charge in [0.05, 0.1) is 11.5 Å². The van der Waals surface area contributed by atoms with Gasteiger partial charge in [0.1, 0.15) is 0 Å². The lowest BCUT2D eigenvalue weighted by Gasteiger charge is -2.10. The number of sulfonamides is 1. The van der Waals surface area contributed by atoms with E-state index in [2.05, 4.69) is 10.0 Å². The fourth-order valence-electron chi connectivity index (χ4n) is 1.79. The van der Waals surface area contributed by atoms with Gasteiger partial charge in [0.2, 0.25) is 0 Å². The van der Waals surface area contributed by atoms with Crippen LogP contribution in [0.5, 0.6) is 0 Å². The number of hydrogen-bond donors (Lipinski definition) is 3. The van der Waals surface area contributed by atoms with Crippen LogP contribution in [-0.4, -0.2) is 26.7 Å². The van der Waals surface area contributed by atoms with Crippen molar-refractivity contribution in [3.8, 4) is 0 Å². The molecule has 0 radical (unpaired) electrons.